The van der Waals surface area contributed by atoms with Gasteiger partial charge in [-0.25, -0.2) is 0 Å². The van der Waals surface area contributed by atoms with Crippen molar-refractivity contribution in [2.75, 3.05) is 13.2 Å². The second-order valence-corrected chi connectivity index (χ2v) is 13.2. The topological polar surface area (TPSA) is 120 Å². The van der Waals surface area contributed by atoms with Crippen LogP contribution < -0.4 is 15.4 Å². The van der Waals surface area contributed by atoms with Crippen molar-refractivity contribution in [2.24, 2.45) is 11.3 Å². The lowest BCUT2D eigenvalue weighted by Gasteiger charge is -2.32. The third-order valence-corrected chi connectivity index (χ3v) is 6.77. The van der Waals surface area contributed by atoms with Crippen molar-refractivity contribution in [1.29, 1.82) is 0 Å². The zero-order chi connectivity index (χ0) is 32.8. The molecule has 0 radical (unpaired) electrons. The molecule has 44 heavy (non-hydrogen) atoms. The number of benzene rings is 2. The predicted molar refractivity (Wildman–Crippen MR) is 170 cm³/mol. The summed E-state index contributed by atoms with van der Waals surface area (Å²) in [6.07, 6.45) is 1.55. The Balaban J connectivity index is 1.95. The summed E-state index contributed by atoms with van der Waals surface area (Å²) in [7, 11) is 0. The van der Waals surface area contributed by atoms with Crippen LogP contribution in [0.2, 0.25) is 5.02 Å². The lowest BCUT2D eigenvalue weighted by molar-refractivity contribution is -0.157. The molecule has 10 heteroatoms. The van der Waals surface area contributed by atoms with Gasteiger partial charge in [0.15, 0.2) is 0 Å². The highest BCUT2D eigenvalue weighted by atomic mass is 35.5. The van der Waals surface area contributed by atoms with Crippen LogP contribution in [-0.2, 0) is 35.3 Å². The first-order chi connectivity index (χ1) is 20.6. The van der Waals surface area contributed by atoms with Gasteiger partial charge in [-0.2, -0.15) is 0 Å². The van der Waals surface area contributed by atoms with E-state index in [0.717, 1.165) is 5.56 Å². The van der Waals surface area contributed by atoms with E-state index in [1.807, 2.05) is 51.1 Å². The van der Waals surface area contributed by atoms with E-state index < -0.39 is 46.7 Å². The minimum atomic E-state index is -0.898. The van der Waals surface area contributed by atoms with Crippen molar-refractivity contribution in [3.63, 3.8) is 0 Å². The van der Waals surface area contributed by atoms with Gasteiger partial charge in [0.05, 0.1) is 19.4 Å². The Morgan fingerprint density at radius 2 is 1.50 bits per heavy atom. The molecule has 0 aliphatic heterocycles. The van der Waals surface area contributed by atoms with Gasteiger partial charge < -0.3 is 24.8 Å². The van der Waals surface area contributed by atoms with Crippen molar-refractivity contribution < 1.29 is 33.4 Å². The monoisotopic (exact) mass is 630 g/mol. The first kappa shape index (κ1) is 36.6. The first-order valence-corrected chi connectivity index (χ1v) is 15.4. The molecule has 242 valence electrons. The molecule has 0 aliphatic carbocycles. The van der Waals surface area contributed by atoms with Gasteiger partial charge in [0, 0.05) is 17.5 Å². The van der Waals surface area contributed by atoms with Gasteiger partial charge in [-0.1, -0.05) is 62.7 Å². The van der Waals surface area contributed by atoms with Gasteiger partial charge in [-0.15, -0.1) is 0 Å². The minimum Gasteiger partial charge on any atom is -0.494 e. The molecule has 0 aromatic heterocycles. The maximum Gasteiger partial charge on any atom is 0.307 e. The van der Waals surface area contributed by atoms with Crippen molar-refractivity contribution >= 4 is 35.4 Å². The number of nitrogens with one attached hydrogen (secondary N) is 2. The Morgan fingerprint density at radius 1 is 0.841 bits per heavy atom. The van der Waals surface area contributed by atoms with Crippen molar-refractivity contribution in [3.05, 3.63) is 65.2 Å². The number of rotatable bonds is 16. The van der Waals surface area contributed by atoms with Crippen molar-refractivity contribution in [1.82, 2.24) is 10.6 Å². The maximum atomic E-state index is 13.5. The molecular weight excluding hydrogens is 584 g/mol. The van der Waals surface area contributed by atoms with E-state index in [4.69, 9.17) is 25.8 Å². The summed E-state index contributed by atoms with van der Waals surface area (Å²) in [5.74, 6) is -1.77. The molecule has 0 fully saturated rings. The summed E-state index contributed by atoms with van der Waals surface area (Å²) >= 11 is 5.92. The van der Waals surface area contributed by atoms with Crippen LogP contribution >= 0.6 is 11.6 Å². The molecule has 2 aromatic carbocycles. The van der Waals surface area contributed by atoms with Crippen LogP contribution in [0.25, 0.3) is 0 Å². The van der Waals surface area contributed by atoms with E-state index in [1.54, 1.807) is 45.0 Å². The average Bonchev–Trinajstić information content (AvgIpc) is 2.93. The second kappa shape index (κ2) is 17.6. The summed E-state index contributed by atoms with van der Waals surface area (Å²) in [6.45, 7) is 11.5. The van der Waals surface area contributed by atoms with Crippen molar-refractivity contribution in [2.45, 2.75) is 91.9 Å². The smallest absolute Gasteiger partial charge is 0.307 e. The molecule has 9 nitrogen and oxygen atoms in total. The van der Waals surface area contributed by atoms with Crippen molar-refractivity contribution in [3.8, 4) is 5.75 Å². The van der Waals surface area contributed by atoms with E-state index >= 15 is 0 Å². The van der Waals surface area contributed by atoms with Gasteiger partial charge in [-0.3, -0.25) is 19.2 Å². The molecular formula is C34H47ClN2O7. The Morgan fingerprint density at radius 3 is 2.11 bits per heavy atom. The lowest BCUT2D eigenvalue weighted by Crippen LogP contribution is -2.55. The summed E-state index contributed by atoms with van der Waals surface area (Å²) in [5.41, 5.74) is -0.466. The normalized spacial score (nSPS) is 12.9. The SMILES string of the molecule is CC(C)(C)OC(=O)C[C@@H](CCCCOc1ccc(Cl)cc1)C(=O)N[C@H](C(=O)NCCC(=O)OCc1ccccc1)C(C)(C)C. The molecule has 0 saturated heterocycles. The van der Waals surface area contributed by atoms with Crippen LogP contribution in [-0.4, -0.2) is 48.5 Å². The largest absolute Gasteiger partial charge is 0.494 e. The molecule has 0 saturated carbocycles. The fraction of sp³-hybridized carbons (Fsp3) is 0.529. The number of ether oxygens (including phenoxy) is 3. The summed E-state index contributed by atoms with van der Waals surface area (Å²) in [5, 5.41) is 6.23. The average molecular weight is 631 g/mol. The number of hydrogen-bond donors (Lipinski definition) is 2. The van der Waals surface area contributed by atoms with E-state index in [1.165, 1.54) is 0 Å². The van der Waals surface area contributed by atoms with Gasteiger partial charge in [0.25, 0.3) is 0 Å². The van der Waals surface area contributed by atoms with E-state index in [0.29, 0.717) is 36.6 Å². The Bertz CT molecular complexity index is 1200. The van der Waals surface area contributed by atoms with E-state index in [-0.39, 0.29) is 26.0 Å². The van der Waals surface area contributed by atoms with Crippen LogP contribution in [0.4, 0.5) is 0 Å². The highest BCUT2D eigenvalue weighted by Crippen LogP contribution is 2.23. The number of halogens is 1. The van der Waals surface area contributed by atoms with Crippen LogP contribution in [0, 0.1) is 11.3 Å². The molecule has 0 unspecified atom stereocenters. The van der Waals surface area contributed by atoms with Crippen LogP contribution in [0.15, 0.2) is 54.6 Å². The molecule has 0 bridgehead atoms. The number of carbonyl (C=O) groups is 4. The fourth-order valence-corrected chi connectivity index (χ4v) is 4.39. The molecule has 0 spiro atoms. The Hall–Kier alpha value is -3.59. The first-order valence-electron chi connectivity index (χ1n) is 15.0. The molecule has 2 rings (SSSR count). The summed E-state index contributed by atoms with van der Waals surface area (Å²) in [6, 6.07) is 15.5. The highest BCUT2D eigenvalue weighted by molar-refractivity contribution is 6.30. The zero-order valence-electron chi connectivity index (χ0n) is 26.7. The summed E-state index contributed by atoms with van der Waals surface area (Å²) < 4.78 is 16.5. The molecule has 0 aliphatic rings. The van der Waals surface area contributed by atoms with Gasteiger partial charge in [0.2, 0.25) is 11.8 Å². The molecule has 0 heterocycles. The number of hydrogen-bond acceptors (Lipinski definition) is 7. The molecule has 2 atom stereocenters. The highest BCUT2D eigenvalue weighted by Gasteiger charge is 2.35. The predicted octanol–water partition coefficient (Wildman–Crippen LogP) is 6.02. The fourth-order valence-electron chi connectivity index (χ4n) is 4.26. The standard InChI is InChI=1S/C34H47ClN2O7/c1-33(2,3)30(32(41)36-20-19-28(38)43-23-24-12-8-7-9-13-24)37-31(40)25(22-29(39)44-34(4,5)6)14-10-11-21-42-27-17-15-26(35)16-18-27/h7-9,12-13,15-18,25,30H,10-11,14,19-23H2,1-6H3,(H,36,41)(H,37,40)/t25-,30-/m1/s1. The maximum absolute atomic E-state index is 13.5. The molecule has 2 N–H and O–H groups in total. The quantitative estimate of drug-likeness (QED) is 0.172. The van der Waals surface area contributed by atoms with Gasteiger partial charge in [-0.05, 0) is 75.3 Å². The van der Waals surface area contributed by atoms with Gasteiger partial charge >= 0.3 is 11.9 Å². The zero-order valence-corrected chi connectivity index (χ0v) is 27.5. The van der Waals surface area contributed by atoms with Crippen LogP contribution in [0.1, 0.15) is 79.2 Å². The number of amides is 2. The number of carbonyl (C=O) groups excluding carboxylic acids is 4. The lowest BCUT2D eigenvalue weighted by atomic mass is 9.85. The van der Waals surface area contributed by atoms with Gasteiger partial charge in [0.1, 0.15) is 24.0 Å². The summed E-state index contributed by atoms with van der Waals surface area (Å²) in [4.78, 5) is 51.5. The Kier molecular flexibility index (Phi) is 14.7. The van der Waals surface area contributed by atoms with Crippen LogP contribution in [0.3, 0.4) is 0 Å². The Labute approximate surface area is 266 Å². The molecule has 2 aromatic rings. The number of unbranched alkanes of at least 4 members (excludes halogenated alkanes) is 1. The second-order valence-electron chi connectivity index (χ2n) is 12.8. The third-order valence-electron chi connectivity index (χ3n) is 6.52. The van der Waals surface area contributed by atoms with Crippen LogP contribution in [0.5, 0.6) is 5.75 Å². The minimum absolute atomic E-state index is 0.0112. The van der Waals surface area contributed by atoms with E-state index in [9.17, 15) is 19.2 Å². The third kappa shape index (κ3) is 14.7. The number of esters is 2. The molecule has 2 amide bonds. The van der Waals surface area contributed by atoms with E-state index in [2.05, 4.69) is 10.6 Å².